The second kappa shape index (κ2) is 7.60. The molecule has 0 aliphatic rings. The Bertz CT molecular complexity index is 580. The summed E-state index contributed by atoms with van der Waals surface area (Å²) in [6, 6.07) is 13.3. The van der Waals surface area contributed by atoms with Crippen molar-refractivity contribution < 1.29 is 4.39 Å². The van der Waals surface area contributed by atoms with E-state index in [1.807, 2.05) is 12.1 Å². The second-order valence-electron chi connectivity index (χ2n) is 5.35. The molecule has 0 aliphatic carbocycles. The van der Waals surface area contributed by atoms with Crippen LogP contribution in [0.2, 0.25) is 0 Å². The molecule has 2 aromatic rings. The smallest absolute Gasteiger partial charge is 0.123 e. The molecule has 0 aliphatic heterocycles. The summed E-state index contributed by atoms with van der Waals surface area (Å²) in [4.78, 5) is 0. The molecule has 1 nitrogen and oxygen atoms in total. The van der Waals surface area contributed by atoms with Crippen molar-refractivity contribution in [1.82, 2.24) is 0 Å². The van der Waals surface area contributed by atoms with Crippen LogP contribution in [0.4, 0.5) is 10.1 Å². The van der Waals surface area contributed by atoms with Gasteiger partial charge in [-0.2, -0.15) is 0 Å². The highest BCUT2D eigenvalue weighted by molar-refractivity contribution is 9.10. The van der Waals surface area contributed by atoms with E-state index >= 15 is 0 Å². The summed E-state index contributed by atoms with van der Waals surface area (Å²) in [7, 11) is 0. The molecular weight excluding hydrogens is 329 g/mol. The zero-order valence-corrected chi connectivity index (χ0v) is 14.1. The number of benzene rings is 2. The first-order valence-electron chi connectivity index (χ1n) is 7.38. The van der Waals surface area contributed by atoms with Crippen molar-refractivity contribution in [2.45, 2.75) is 39.2 Å². The molecule has 0 heterocycles. The van der Waals surface area contributed by atoms with Crippen molar-refractivity contribution in [2.24, 2.45) is 0 Å². The number of nitrogens with one attached hydrogen (secondary N) is 1. The average molecular weight is 350 g/mol. The van der Waals surface area contributed by atoms with Crippen LogP contribution in [0.15, 0.2) is 46.9 Å². The predicted octanol–water partition coefficient (Wildman–Crippen LogP) is 6.24. The Balaban J connectivity index is 2.19. The van der Waals surface area contributed by atoms with Crippen molar-refractivity contribution in [2.75, 3.05) is 5.32 Å². The normalized spacial score (nSPS) is 12.2. The van der Waals surface area contributed by atoms with Gasteiger partial charge in [-0.1, -0.05) is 53.9 Å². The highest BCUT2D eigenvalue weighted by Crippen LogP contribution is 2.27. The highest BCUT2D eigenvalue weighted by atomic mass is 79.9. The summed E-state index contributed by atoms with van der Waals surface area (Å²) in [5.74, 6) is -0.189. The lowest BCUT2D eigenvalue weighted by atomic mass is 10.0. The Morgan fingerprint density at radius 2 is 1.86 bits per heavy atom. The summed E-state index contributed by atoms with van der Waals surface area (Å²) in [6.07, 6.45) is 3.33. The standard InChI is InChI=1S/C18H21BrFN/c1-3-4-5-18(14-7-9-15(20)10-8-14)21-16-11-6-13(2)17(19)12-16/h6-12,18,21H,3-5H2,1-2H3. The topological polar surface area (TPSA) is 12.0 Å². The molecule has 0 saturated carbocycles. The number of aryl methyl sites for hydroxylation is 1. The molecule has 0 fully saturated rings. The zero-order valence-electron chi connectivity index (χ0n) is 12.5. The Hall–Kier alpha value is -1.35. The van der Waals surface area contributed by atoms with Gasteiger partial charge >= 0.3 is 0 Å². The van der Waals surface area contributed by atoms with Crippen LogP contribution in [0, 0.1) is 12.7 Å². The molecule has 0 aromatic heterocycles. The third-order valence-corrected chi connectivity index (χ3v) is 4.49. The molecule has 0 spiro atoms. The number of hydrogen-bond acceptors (Lipinski definition) is 1. The van der Waals surface area contributed by atoms with Gasteiger partial charge in [0.05, 0.1) is 6.04 Å². The van der Waals surface area contributed by atoms with Gasteiger partial charge in [0.2, 0.25) is 0 Å². The highest BCUT2D eigenvalue weighted by Gasteiger charge is 2.11. The summed E-state index contributed by atoms with van der Waals surface area (Å²) in [5.41, 5.74) is 3.42. The first kappa shape index (κ1) is 16.0. The minimum Gasteiger partial charge on any atom is -0.378 e. The number of halogens is 2. The molecule has 1 N–H and O–H groups in total. The van der Waals surface area contributed by atoms with Crippen molar-refractivity contribution in [1.29, 1.82) is 0 Å². The molecule has 0 saturated heterocycles. The van der Waals surface area contributed by atoms with Crippen molar-refractivity contribution in [3.8, 4) is 0 Å². The molecule has 21 heavy (non-hydrogen) atoms. The molecule has 2 aromatic carbocycles. The summed E-state index contributed by atoms with van der Waals surface area (Å²) >= 11 is 3.56. The third-order valence-electron chi connectivity index (χ3n) is 3.63. The Kier molecular flexibility index (Phi) is 5.80. The van der Waals surface area contributed by atoms with Crippen LogP contribution in [-0.2, 0) is 0 Å². The third kappa shape index (κ3) is 4.57. The van der Waals surface area contributed by atoms with Crippen molar-refractivity contribution in [3.05, 3.63) is 63.9 Å². The first-order valence-corrected chi connectivity index (χ1v) is 8.17. The van der Waals surface area contributed by atoms with Gasteiger partial charge in [0.1, 0.15) is 5.82 Å². The Labute approximate surface area is 134 Å². The minimum absolute atomic E-state index is 0.189. The fourth-order valence-electron chi connectivity index (χ4n) is 2.31. The molecule has 0 amide bonds. The van der Waals surface area contributed by atoms with Crippen LogP contribution in [0.3, 0.4) is 0 Å². The lowest BCUT2D eigenvalue weighted by molar-refractivity contribution is 0.616. The van der Waals surface area contributed by atoms with Crippen LogP contribution >= 0.6 is 15.9 Å². The van der Waals surface area contributed by atoms with Crippen molar-refractivity contribution in [3.63, 3.8) is 0 Å². The van der Waals surface area contributed by atoms with E-state index in [4.69, 9.17) is 0 Å². The number of hydrogen-bond donors (Lipinski definition) is 1. The molecule has 2 rings (SSSR count). The van der Waals surface area contributed by atoms with E-state index in [1.54, 1.807) is 0 Å². The van der Waals surface area contributed by atoms with E-state index in [1.165, 1.54) is 17.7 Å². The van der Waals surface area contributed by atoms with Crippen LogP contribution in [0.1, 0.15) is 43.4 Å². The molecule has 1 unspecified atom stereocenters. The van der Waals surface area contributed by atoms with E-state index < -0.39 is 0 Å². The predicted molar refractivity (Wildman–Crippen MR) is 91.2 cm³/mol. The van der Waals surface area contributed by atoms with Crippen LogP contribution in [0.25, 0.3) is 0 Å². The number of anilines is 1. The van der Waals surface area contributed by atoms with Gasteiger partial charge in [0.15, 0.2) is 0 Å². The monoisotopic (exact) mass is 349 g/mol. The SMILES string of the molecule is CCCCC(Nc1ccc(C)c(Br)c1)c1ccc(F)cc1. The van der Waals surface area contributed by atoms with E-state index in [-0.39, 0.29) is 11.9 Å². The Morgan fingerprint density at radius 3 is 2.48 bits per heavy atom. The van der Waals surface area contributed by atoms with Crippen LogP contribution < -0.4 is 5.32 Å². The lowest BCUT2D eigenvalue weighted by Crippen LogP contribution is -2.11. The molecule has 3 heteroatoms. The van der Waals surface area contributed by atoms with Crippen LogP contribution in [0.5, 0.6) is 0 Å². The molecular formula is C18H21BrFN. The van der Waals surface area contributed by atoms with Gasteiger partial charge in [-0.3, -0.25) is 0 Å². The maximum atomic E-state index is 13.1. The average Bonchev–Trinajstić information content (AvgIpc) is 2.48. The van der Waals surface area contributed by atoms with Gasteiger partial charge in [-0.15, -0.1) is 0 Å². The van der Waals surface area contributed by atoms with Gasteiger partial charge < -0.3 is 5.32 Å². The molecule has 1 atom stereocenters. The Morgan fingerprint density at radius 1 is 1.14 bits per heavy atom. The molecule has 112 valence electrons. The summed E-state index contributed by atoms with van der Waals surface area (Å²) in [6.45, 7) is 4.26. The summed E-state index contributed by atoms with van der Waals surface area (Å²) in [5, 5.41) is 3.57. The lowest BCUT2D eigenvalue weighted by Gasteiger charge is -2.21. The van der Waals surface area contributed by atoms with E-state index in [0.29, 0.717) is 0 Å². The van der Waals surface area contributed by atoms with Gasteiger partial charge in [0.25, 0.3) is 0 Å². The number of rotatable bonds is 6. The first-order chi connectivity index (χ1) is 10.1. The molecule has 0 radical (unpaired) electrons. The fourth-order valence-corrected chi connectivity index (χ4v) is 2.69. The minimum atomic E-state index is -0.189. The van der Waals surface area contributed by atoms with Gasteiger partial charge in [-0.25, -0.2) is 4.39 Å². The van der Waals surface area contributed by atoms with E-state index in [2.05, 4.69) is 53.3 Å². The summed E-state index contributed by atoms with van der Waals surface area (Å²) < 4.78 is 14.2. The molecule has 0 bridgehead atoms. The maximum absolute atomic E-state index is 13.1. The zero-order chi connectivity index (χ0) is 15.2. The van der Waals surface area contributed by atoms with Crippen molar-refractivity contribution >= 4 is 21.6 Å². The largest absolute Gasteiger partial charge is 0.378 e. The van der Waals surface area contributed by atoms with Gasteiger partial charge in [-0.05, 0) is 48.7 Å². The van der Waals surface area contributed by atoms with Gasteiger partial charge in [0, 0.05) is 10.2 Å². The van der Waals surface area contributed by atoms with E-state index in [0.717, 1.165) is 35.0 Å². The quantitative estimate of drug-likeness (QED) is 0.650. The second-order valence-corrected chi connectivity index (χ2v) is 6.21. The van der Waals surface area contributed by atoms with Crippen LogP contribution in [-0.4, -0.2) is 0 Å². The fraction of sp³-hybridized carbons (Fsp3) is 0.333. The van der Waals surface area contributed by atoms with E-state index in [9.17, 15) is 4.39 Å². The maximum Gasteiger partial charge on any atom is 0.123 e. The number of unbranched alkanes of at least 4 members (excludes halogenated alkanes) is 1.